The van der Waals surface area contributed by atoms with Crippen molar-refractivity contribution in [2.45, 2.75) is 19.0 Å². The molecule has 1 N–H and O–H groups in total. The second-order valence-electron chi connectivity index (χ2n) is 4.57. The molecule has 1 aromatic carbocycles. The Labute approximate surface area is 102 Å². The summed E-state index contributed by atoms with van der Waals surface area (Å²) in [5.41, 5.74) is 0.911. The van der Waals surface area contributed by atoms with Crippen LogP contribution >= 0.6 is 0 Å². The van der Waals surface area contributed by atoms with Crippen LogP contribution < -0.4 is 10.1 Å². The van der Waals surface area contributed by atoms with Crippen LogP contribution in [-0.4, -0.2) is 38.2 Å². The molecule has 2 unspecified atom stereocenters. The van der Waals surface area contributed by atoms with E-state index in [0.717, 1.165) is 24.4 Å². The zero-order valence-corrected chi connectivity index (χ0v) is 10.5. The van der Waals surface area contributed by atoms with Crippen molar-refractivity contribution in [2.75, 3.05) is 27.2 Å². The number of benzene rings is 1. The molecule has 1 aliphatic rings. The van der Waals surface area contributed by atoms with Gasteiger partial charge < -0.3 is 10.1 Å². The molecule has 1 aliphatic heterocycles. The molecule has 1 heterocycles. The Hall–Kier alpha value is -1.13. The number of hydrogen-bond acceptors (Lipinski definition) is 3. The summed E-state index contributed by atoms with van der Waals surface area (Å²) in [6.07, 6.45) is 0. The Morgan fingerprint density at radius 1 is 1.41 bits per heavy atom. The van der Waals surface area contributed by atoms with E-state index in [1.807, 2.05) is 0 Å². The van der Waals surface area contributed by atoms with Crippen LogP contribution in [0.15, 0.2) is 18.2 Å². The van der Waals surface area contributed by atoms with Crippen LogP contribution in [0.5, 0.6) is 5.75 Å². The number of rotatable bonds is 2. The van der Waals surface area contributed by atoms with E-state index in [2.05, 4.69) is 24.2 Å². The maximum atomic E-state index is 13.4. The number of nitrogens with one attached hydrogen (secondary N) is 1. The lowest BCUT2D eigenvalue weighted by Crippen LogP contribution is -2.49. The minimum atomic E-state index is -0.215. The van der Waals surface area contributed by atoms with Gasteiger partial charge in [0, 0.05) is 24.7 Å². The van der Waals surface area contributed by atoms with Crippen LogP contribution in [-0.2, 0) is 0 Å². The van der Waals surface area contributed by atoms with Gasteiger partial charge in [0.2, 0.25) is 0 Å². The lowest BCUT2D eigenvalue weighted by molar-refractivity contribution is 0.138. The third-order valence-corrected chi connectivity index (χ3v) is 3.52. The lowest BCUT2D eigenvalue weighted by Gasteiger charge is -2.39. The minimum Gasteiger partial charge on any atom is -0.496 e. The Balaban J connectivity index is 2.34. The number of methoxy groups -OCH3 is 1. The molecule has 2 atom stereocenters. The highest BCUT2D eigenvalue weighted by Gasteiger charge is 2.27. The summed E-state index contributed by atoms with van der Waals surface area (Å²) in [4.78, 5) is 2.26. The second kappa shape index (κ2) is 5.02. The van der Waals surface area contributed by atoms with Crippen LogP contribution in [0, 0.1) is 5.82 Å². The van der Waals surface area contributed by atoms with Gasteiger partial charge in [-0.2, -0.15) is 0 Å². The van der Waals surface area contributed by atoms with Crippen molar-refractivity contribution in [1.82, 2.24) is 10.2 Å². The second-order valence-corrected chi connectivity index (χ2v) is 4.57. The molecule has 2 rings (SSSR count). The molecule has 1 saturated heterocycles. The van der Waals surface area contributed by atoms with Crippen LogP contribution in [0.3, 0.4) is 0 Å². The molecule has 4 heteroatoms. The van der Waals surface area contributed by atoms with Gasteiger partial charge in [-0.1, -0.05) is 0 Å². The number of nitrogens with zero attached hydrogens (tertiary/aromatic N) is 1. The molecule has 1 fully saturated rings. The molecule has 0 spiro atoms. The summed E-state index contributed by atoms with van der Waals surface area (Å²) >= 11 is 0. The number of likely N-dealkylation sites (N-methyl/N-ethyl adjacent to an activating group) is 1. The standard InChI is InChI=1S/C13H19FN2O/c1-9-7-15-8-12(16(9)2)11-6-10(14)4-5-13(11)17-3/h4-6,9,12,15H,7-8H2,1-3H3. The zero-order chi connectivity index (χ0) is 12.4. The summed E-state index contributed by atoms with van der Waals surface area (Å²) in [6.45, 7) is 3.94. The van der Waals surface area contributed by atoms with E-state index in [1.165, 1.54) is 6.07 Å². The number of ether oxygens (including phenoxy) is 1. The predicted molar refractivity (Wildman–Crippen MR) is 65.8 cm³/mol. The third-order valence-electron chi connectivity index (χ3n) is 3.52. The summed E-state index contributed by atoms with van der Waals surface area (Å²) in [5, 5.41) is 3.36. The quantitative estimate of drug-likeness (QED) is 0.850. The van der Waals surface area contributed by atoms with Crippen molar-refractivity contribution in [1.29, 1.82) is 0 Å². The molecular weight excluding hydrogens is 219 g/mol. The third kappa shape index (κ3) is 2.42. The average Bonchev–Trinajstić information content (AvgIpc) is 2.33. The van der Waals surface area contributed by atoms with E-state index in [0.29, 0.717) is 6.04 Å². The van der Waals surface area contributed by atoms with E-state index in [4.69, 9.17) is 4.74 Å². The van der Waals surface area contributed by atoms with Crippen molar-refractivity contribution in [3.05, 3.63) is 29.6 Å². The van der Waals surface area contributed by atoms with Gasteiger partial charge in [0.05, 0.1) is 13.2 Å². The first-order valence-electron chi connectivity index (χ1n) is 5.89. The van der Waals surface area contributed by atoms with Gasteiger partial charge in [0.25, 0.3) is 0 Å². The fourth-order valence-corrected chi connectivity index (χ4v) is 2.32. The molecule has 0 saturated carbocycles. The smallest absolute Gasteiger partial charge is 0.123 e. The summed E-state index contributed by atoms with van der Waals surface area (Å²) in [5.74, 6) is 0.534. The molecule has 0 bridgehead atoms. The lowest BCUT2D eigenvalue weighted by atomic mass is 10.0. The van der Waals surface area contributed by atoms with Gasteiger partial charge in [-0.05, 0) is 32.2 Å². The van der Waals surface area contributed by atoms with E-state index >= 15 is 0 Å². The first-order chi connectivity index (χ1) is 8.13. The van der Waals surface area contributed by atoms with Gasteiger partial charge in [-0.15, -0.1) is 0 Å². The number of hydrogen-bond donors (Lipinski definition) is 1. The van der Waals surface area contributed by atoms with E-state index in [-0.39, 0.29) is 11.9 Å². The van der Waals surface area contributed by atoms with Gasteiger partial charge >= 0.3 is 0 Å². The first-order valence-corrected chi connectivity index (χ1v) is 5.89. The van der Waals surface area contributed by atoms with Crippen molar-refractivity contribution in [3.63, 3.8) is 0 Å². The summed E-state index contributed by atoms with van der Waals surface area (Å²) < 4.78 is 18.7. The molecule has 0 amide bonds. The zero-order valence-electron chi connectivity index (χ0n) is 10.5. The maximum absolute atomic E-state index is 13.4. The summed E-state index contributed by atoms with van der Waals surface area (Å²) in [7, 11) is 3.69. The topological polar surface area (TPSA) is 24.5 Å². The van der Waals surface area contributed by atoms with Gasteiger partial charge in [-0.3, -0.25) is 4.90 Å². The highest BCUT2D eigenvalue weighted by Crippen LogP contribution is 2.31. The van der Waals surface area contributed by atoms with E-state index in [9.17, 15) is 4.39 Å². The highest BCUT2D eigenvalue weighted by atomic mass is 19.1. The predicted octanol–water partition coefficient (Wildman–Crippen LogP) is 1.80. The monoisotopic (exact) mass is 238 g/mol. The molecule has 94 valence electrons. The summed E-state index contributed by atoms with van der Waals surface area (Å²) in [6, 6.07) is 5.28. The molecule has 3 nitrogen and oxygen atoms in total. The Morgan fingerprint density at radius 3 is 2.88 bits per heavy atom. The Morgan fingerprint density at radius 2 is 2.18 bits per heavy atom. The van der Waals surface area contributed by atoms with Gasteiger partial charge in [-0.25, -0.2) is 4.39 Å². The fourth-order valence-electron chi connectivity index (χ4n) is 2.32. The van der Waals surface area contributed by atoms with Crippen LogP contribution in [0.1, 0.15) is 18.5 Å². The normalized spacial score (nSPS) is 25.9. The average molecular weight is 238 g/mol. The van der Waals surface area contributed by atoms with E-state index < -0.39 is 0 Å². The minimum absolute atomic E-state index is 0.157. The maximum Gasteiger partial charge on any atom is 0.123 e. The van der Waals surface area contributed by atoms with Crippen molar-refractivity contribution in [3.8, 4) is 5.75 Å². The molecule has 0 aliphatic carbocycles. The van der Waals surface area contributed by atoms with Crippen molar-refractivity contribution in [2.24, 2.45) is 0 Å². The van der Waals surface area contributed by atoms with Crippen LogP contribution in [0.2, 0.25) is 0 Å². The first kappa shape index (κ1) is 12.3. The van der Waals surface area contributed by atoms with Crippen LogP contribution in [0.25, 0.3) is 0 Å². The van der Waals surface area contributed by atoms with Crippen molar-refractivity contribution < 1.29 is 9.13 Å². The van der Waals surface area contributed by atoms with Crippen LogP contribution in [0.4, 0.5) is 4.39 Å². The largest absolute Gasteiger partial charge is 0.496 e. The number of halogens is 1. The molecule has 17 heavy (non-hydrogen) atoms. The van der Waals surface area contributed by atoms with Gasteiger partial charge in [0.1, 0.15) is 11.6 Å². The highest BCUT2D eigenvalue weighted by molar-refractivity contribution is 5.37. The Bertz CT molecular complexity index is 397. The molecular formula is C13H19FN2O. The SMILES string of the molecule is COc1ccc(F)cc1C1CNCC(C)N1C. The molecule has 1 aromatic rings. The van der Waals surface area contributed by atoms with Gasteiger partial charge in [0.15, 0.2) is 0 Å². The van der Waals surface area contributed by atoms with Crippen molar-refractivity contribution >= 4 is 0 Å². The number of piperazine rings is 1. The van der Waals surface area contributed by atoms with E-state index in [1.54, 1.807) is 19.2 Å². The fraction of sp³-hybridized carbons (Fsp3) is 0.538. The molecule has 0 radical (unpaired) electrons. The Kier molecular flexibility index (Phi) is 3.64. The molecule has 0 aromatic heterocycles.